The van der Waals surface area contributed by atoms with Crippen LogP contribution >= 0.6 is 0 Å². The van der Waals surface area contributed by atoms with Crippen LogP contribution in [0.5, 0.6) is 0 Å². The third kappa shape index (κ3) is 2.46. The number of hydrogen-bond donors (Lipinski definition) is 2. The lowest BCUT2D eigenvalue weighted by atomic mass is 9.78. The third-order valence-electron chi connectivity index (χ3n) is 3.34. The Morgan fingerprint density at radius 3 is 2.33 bits per heavy atom. The molecule has 1 saturated carbocycles. The third-order valence-corrected chi connectivity index (χ3v) is 3.34. The second-order valence-electron chi connectivity index (χ2n) is 4.16. The Hall–Kier alpha value is -0.0800. The first kappa shape index (κ1) is 10.0. The molecule has 0 bridgehead atoms. The van der Waals surface area contributed by atoms with Gasteiger partial charge in [0.25, 0.3) is 0 Å². The highest BCUT2D eigenvalue weighted by molar-refractivity contribution is 4.79. The molecule has 0 saturated heterocycles. The van der Waals surface area contributed by atoms with Crippen molar-refractivity contribution >= 4 is 0 Å². The van der Waals surface area contributed by atoms with Gasteiger partial charge in [0, 0.05) is 12.6 Å². The van der Waals surface area contributed by atoms with Crippen molar-refractivity contribution in [3.63, 3.8) is 0 Å². The van der Waals surface area contributed by atoms with Crippen molar-refractivity contribution in [2.45, 2.75) is 45.1 Å². The summed E-state index contributed by atoms with van der Waals surface area (Å²) in [5.74, 6) is 1.47. The monoisotopic (exact) mass is 170 g/mol. The highest BCUT2D eigenvalue weighted by Gasteiger charge is 2.23. The zero-order valence-corrected chi connectivity index (χ0v) is 8.13. The zero-order valence-electron chi connectivity index (χ0n) is 8.13. The normalized spacial score (nSPS) is 25.2. The topological polar surface area (TPSA) is 52.0 Å². The first-order chi connectivity index (χ1) is 5.75. The van der Waals surface area contributed by atoms with Crippen molar-refractivity contribution in [2.75, 3.05) is 6.54 Å². The van der Waals surface area contributed by atoms with Gasteiger partial charge >= 0.3 is 0 Å². The SMILES string of the molecule is CC(C(N)CN)C1CCCCC1. The molecular formula is C10H22N2. The first-order valence-electron chi connectivity index (χ1n) is 5.21. The second-order valence-corrected chi connectivity index (χ2v) is 4.16. The molecule has 2 heteroatoms. The molecule has 0 spiro atoms. The van der Waals surface area contributed by atoms with Crippen LogP contribution in [-0.2, 0) is 0 Å². The van der Waals surface area contributed by atoms with Gasteiger partial charge in [-0.1, -0.05) is 39.0 Å². The molecule has 2 atom stereocenters. The van der Waals surface area contributed by atoms with Crippen molar-refractivity contribution in [1.29, 1.82) is 0 Å². The minimum Gasteiger partial charge on any atom is -0.329 e. The van der Waals surface area contributed by atoms with E-state index in [9.17, 15) is 0 Å². The van der Waals surface area contributed by atoms with Crippen molar-refractivity contribution in [3.8, 4) is 0 Å². The summed E-state index contributed by atoms with van der Waals surface area (Å²) in [5.41, 5.74) is 11.5. The quantitative estimate of drug-likeness (QED) is 0.674. The van der Waals surface area contributed by atoms with E-state index < -0.39 is 0 Å². The van der Waals surface area contributed by atoms with Crippen LogP contribution in [0, 0.1) is 11.8 Å². The van der Waals surface area contributed by atoms with Crippen molar-refractivity contribution in [2.24, 2.45) is 23.3 Å². The summed E-state index contributed by atoms with van der Waals surface area (Å²) in [6.45, 7) is 2.89. The van der Waals surface area contributed by atoms with E-state index in [1.807, 2.05) is 0 Å². The molecular weight excluding hydrogens is 148 g/mol. The Balaban J connectivity index is 2.33. The van der Waals surface area contributed by atoms with Crippen LogP contribution in [0.15, 0.2) is 0 Å². The molecule has 0 radical (unpaired) electrons. The molecule has 0 heterocycles. The number of rotatable bonds is 3. The van der Waals surface area contributed by atoms with E-state index in [2.05, 4.69) is 6.92 Å². The Bertz CT molecular complexity index is 119. The zero-order chi connectivity index (χ0) is 8.97. The van der Waals surface area contributed by atoms with Gasteiger partial charge in [-0.15, -0.1) is 0 Å². The van der Waals surface area contributed by atoms with Gasteiger partial charge in [0.15, 0.2) is 0 Å². The molecule has 1 rings (SSSR count). The first-order valence-corrected chi connectivity index (χ1v) is 5.21. The molecule has 1 aliphatic carbocycles. The Morgan fingerprint density at radius 1 is 1.25 bits per heavy atom. The van der Waals surface area contributed by atoms with Gasteiger partial charge in [0.1, 0.15) is 0 Å². The average molecular weight is 170 g/mol. The smallest absolute Gasteiger partial charge is 0.0191 e. The largest absolute Gasteiger partial charge is 0.329 e. The van der Waals surface area contributed by atoms with Gasteiger partial charge < -0.3 is 11.5 Å². The molecule has 2 unspecified atom stereocenters. The number of nitrogens with two attached hydrogens (primary N) is 2. The van der Waals surface area contributed by atoms with E-state index in [0.29, 0.717) is 12.5 Å². The molecule has 0 aromatic carbocycles. The summed E-state index contributed by atoms with van der Waals surface area (Å²) in [7, 11) is 0. The van der Waals surface area contributed by atoms with Crippen molar-refractivity contribution < 1.29 is 0 Å². The molecule has 0 aromatic heterocycles. The maximum atomic E-state index is 5.92. The highest BCUT2D eigenvalue weighted by atomic mass is 14.7. The molecule has 12 heavy (non-hydrogen) atoms. The van der Waals surface area contributed by atoms with E-state index in [-0.39, 0.29) is 6.04 Å². The van der Waals surface area contributed by atoms with Crippen LogP contribution in [0.1, 0.15) is 39.0 Å². The second kappa shape index (κ2) is 4.83. The maximum absolute atomic E-state index is 5.92. The lowest BCUT2D eigenvalue weighted by molar-refractivity contribution is 0.234. The van der Waals surface area contributed by atoms with E-state index in [1.165, 1.54) is 32.1 Å². The van der Waals surface area contributed by atoms with E-state index in [4.69, 9.17) is 11.5 Å². The average Bonchev–Trinajstić information content (AvgIpc) is 2.17. The number of hydrogen-bond acceptors (Lipinski definition) is 2. The summed E-state index contributed by atoms with van der Waals surface area (Å²) in [6, 6.07) is 0.216. The van der Waals surface area contributed by atoms with E-state index in [0.717, 1.165) is 5.92 Å². The Labute approximate surface area is 75.7 Å². The van der Waals surface area contributed by atoms with Crippen molar-refractivity contribution in [1.82, 2.24) is 0 Å². The van der Waals surface area contributed by atoms with Gasteiger partial charge in [0.05, 0.1) is 0 Å². The van der Waals surface area contributed by atoms with Gasteiger partial charge in [-0.3, -0.25) is 0 Å². The summed E-state index contributed by atoms with van der Waals surface area (Å²) in [6.07, 6.45) is 6.95. The van der Waals surface area contributed by atoms with E-state index in [1.54, 1.807) is 0 Å². The summed E-state index contributed by atoms with van der Waals surface area (Å²) in [4.78, 5) is 0. The van der Waals surface area contributed by atoms with Gasteiger partial charge in [-0.25, -0.2) is 0 Å². The van der Waals surface area contributed by atoms with Crippen LogP contribution in [0.3, 0.4) is 0 Å². The molecule has 1 aliphatic rings. The fourth-order valence-corrected chi connectivity index (χ4v) is 2.22. The Morgan fingerprint density at radius 2 is 1.83 bits per heavy atom. The van der Waals surface area contributed by atoms with Crippen LogP contribution in [-0.4, -0.2) is 12.6 Å². The lowest BCUT2D eigenvalue weighted by Crippen LogP contribution is -2.39. The molecule has 0 aromatic rings. The predicted molar refractivity (Wildman–Crippen MR) is 52.8 cm³/mol. The molecule has 0 aliphatic heterocycles. The van der Waals surface area contributed by atoms with Gasteiger partial charge in [0.2, 0.25) is 0 Å². The minimum absolute atomic E-state index is 0.216. The standard InChI is InChI=1S/C10H22N2/c1-8(10(12)7-11)9-5-3-2-4-6-9/h8-10H,2-7,11-12H2,1H3. The predicted octanol–water partition coefficient (Wildman–Crippen LogP) is 1.49. The van der Waals surface area contributed by atoms with Crippen molar-refractivity contribution in [3.05, 3.63) is 0 Å². The minimum atomic E-state index is 0.216. The summed E-state index contributed by atoms with van der Waals surface area (Å²) >= 11 is 0. The summed E-state index contributed by atoms with van der Waals surface area (Å²) in [5, 5.41) is 0. The maximum Gasteiger partial charge on any atom is 0.0191 e. The van der Waals surface area contributed by atoms with Crippen LogP contribution in [0.25, 0.3) is 0 Å². The van der Waals surface area contributed by atoms with E-state index >= 15 is 0 Å². The lowest BCUT2D eigenvalue weighted by Gasteiger charge is -2.30. The molecule has 4 N–H and O–H groups in total. The van der Waals surface area contributed by atoms with Crippen LogP contribution in [0.4, 0.5) is 0 Å². The highest BCUT2D eigenvalue weighted by Crippen LogP contribution is 2.30. The van der Waals surface area contributed by atoms with Gasteiger partial charge in [-0.05, 0) is 11.8 Å². The molecule has 72 valence electrons. The van der Waals surface area contributed by atoms with Crippen LogP contribution < -0.4 is 11.5 Å². The molecule has 0 amide bonds. The molecule has 2 nitrogen and oxygen atoms in total. The fourth-order valence-electron chi connectivity index (χ4n) is 2.22. The fraction of sp³-hybridized carbons (Fsp3) is 1.00. The van der Waals surface area contributed by atoms with Crippen LogP contribution in [0.2, 0.25) is 0 Å². The Kier molecular flexibility index (Phi) is 4.02. The van der Waals surface area contributed by atoms with Gasteiger partial charge in [-0.2, -0.15) is 0 Å². The summed E-state index contributed by atoms with van der Waals surface area (Å²) < 4.78 is 0. The molecule has 1 fully saturated rings.